The van der Waals surface area contributed by atoms with Gasteiger partial charge >= 0.3 is 0 Å². The van der Waals surface area contributed by atoms with Gasteiger partial charge in [-0.05, 0) is 51.7 Å². The molecule has 0 bridgehead atoms. The Labute approximate surface area is 102 Å². The monoisotopic (exact) mass is 239 g/mol. The summed E-state index contributed by atoms with van der Waals surface area (Å²) in [6.45, 7) is 6.52. The lowest BCUT2D eigenvalue weighted by atomic mass is 10.1. The summed E-state index contributed by atoms with van der Waals surface area (Å²) in [6, 6.07) is 2.90. The molecule has 3 heteroatoms. The Morgan fingerprint density at radius 1 is 1.44 bits per heavy atom. The van der Waals surface area contributed by atoms with Crippen molar-refractivity contribution < 1.29 is 5.11 Å². The fraction of sp³-hybridized carbons (Fsp3) is 0.692. The van der Waals surface area contributed by atoms with Crippen LogP contribution in [0.1, 0.15) is 47.5 Å². The minimum absolute atomic E-state index is 0.150. The van der Waals surface area contributed by atoms with Crippen molar-refractivity contribution in [2.75, 3.05) is 0 Å². The predicted molar refractivity (Wildman–Crippen MR) is 69.0 cm³/mol. The van der Waals surface area contributed by atoms with E-state index >= 15 is 0 Å². The Kier molecular flexibility index (Phi) is 3.67. The topological polar surface area (TPSA) is 32.3 Å². The summed E-state index contributed by atoms with van der Waals surface area (Å²) < 4.78 is 0. The van der Waals surface area contributed by atoms with Gasteiger partial charge in [0.25, 0.3) is 0 Å². The standard InChI is InChI=1S/C13H21NOS/c1-8-7-11(10(3)16-8)9(2)14-12-5-4-6-13(12)15/h7,9,12-15H,4-6H2,1-3H3/t9?,12-,13-/m1/s1. The molecule has 0 aliphatic heterocycles. The molecule has 1 heterocycles. The number of hydrogen-bond acceptors (Lipinski definition) is 3. The van der Waals surface area contributed by atoms with Gasteiger partial charge in [0.1, 0.15) is 0 Å². The molecule has 1 saturated carbocycles. The number of thiophene rings is 1. The first kappa shape index (κ1) is 12.1. The zero-order valence-corrected chi connectivity index (χ0v) is 11.1. The summed E-state index contributed by atoms with van der Waals surface area (Å²) in [6.07, 6.45) is 3.05. The second-order valence-electron chi connectivity index (χ2n) is 4.86. The summed E-state index contributed by atoms with van der Waals surface area (Å²) in [5.41, 5.74) is 1.39. The quantitative estimate of drug-likeness (QED) is 0.850. The molecular weight excluding hydrogens is 218 g/mol. The zero-order chi connectivity index (χ0) is 11.7. The highest BCUT2D eigenvalue weighted by Crippen LogP contribution is 2.28. The number of aliphatic hydroxyl groups is 1. The van der Waals surface area contributed by atoms with Crippen molar-refractivity contribution in [3.8, 4) is 0 Å². The maximum Gasteiger partial charge on any atom is 0.0693 e. The fourth-order valence-corrected chi connectivity index (χ4v) is 3.65. The van der Waals surface area contributed by atoms with Crippen LogP contribution in [0, 0.1) is 13.8 Å². The molecule has 2 nitrogen and oxygen atoms in total. The Morgan fingerprint density at radius 2 is 2.19 bits per heavy atom. The van der Waals surface area contributed by atoms with Crippen LogP contribution in [0.2, 0.25) is 0 Å². The average Bonchev–Trinajstić information content (AvgIpc) is 2.74. The lowest BCUT2D eigenvalue weighted by molar-refractivity contribution is 0.144. The van der Waals surface area contributed by atoms with E-state index in [9.17, 15) is 5.11 Å². The molecule has 16 heavy (non-hydrogen) atoms. The summed E-state index contributed by atoms with van der Waals surface area (Å²) in [4.78, 5) is 2.76. The molecule has 0 radical (unpaired) electrons. The van der Waals surface area contributed by atoms with Crippen LogP contribution in [-0.2, 0) is 0 Å². The zero-order valence-electron chi connectivity index (χ0n) is 10.3. The van der Waals surface area contributed by atoms with Crippen molar-refractivity contribution >= 4 is 11.3 Å². The Bertz CT molecular complexity index is 361. The Balaban J connectivity index is 2.02. The van der Waals surface area contributed by atoms with Crippen LogP contribution in [0.3, 0.4) is 0 Å². The van der Waals surface area contributed by atoms with Gasteiger partial charge in [0, 0.05) is 21.8 Å². The molecule has 90 valence electrons. The van der Waals surface area contributed by atoms with Gasteiger partial charge < -0.3 is 10.4 Å². The van der Waals surface area contributed by atoms with Gasteiger partial charge in [0.15, 0.2) is 0 Å². The molecule has 3 atom stereocenters. The van der Waals surface area contributed by atoms with Gasteiger partial charge in [-0.3, -0.25) is 0 Å². The minimum Gasteiger partial charge on any atom is -0.392 e. The van der Waals surface area contributed by atoms with E-state index in [1.54, 1.807) is 0 Å². The van der Waals surface area contributed by atoms with Crippen LogP contribution in [0.4, 0.5) is 0 Å². The SMILES string of the molecule is Cc1cc(C(C)N[C@@H]2CCC[C@H]2O)c(C)s1. The molecule has 1 aromatic rings. The van der Waals surface area contributed by atoms with Gasteiger partial charge in [0.2, 0.25) is 0 Å². The van der Waals surface area contributed by atoms with Crippen LogP contribution >= 0.6 is 11.3 Å². The minimum atomic E-state index is -0.150. The molecule has 0 amide bonds. The summed E-state index contributed by atoms with van der Waals surface area (Å²) in [5.74, 6) is 0. The van der Waals surface area contributed by atoms with E-state index in [4.69, 9.17) is 0 Å². The smallest absolute Gasteiger partial charge is 0.0693 e. The maximum atomic E-state index is 9.80. The van der Waals surface area contributed by atoms with Crippen LogP contribution in [0.25, 0.3) is 0 Å². The van der Waals surface area contributed by atoms with Gasteiger partial charge in [0.05, 0.1) is 6.10 Å². The first-order chi connectivity index (χ1) is 7.58. The van der Waals surface area contributed by atoms with Crippen molar-refractivity contribution in [3.63, 3.8) is 0 Å². The van der Waals surface area contributed by atoms with Crippen molar-refractivity contribution in [2.45, 2.75) is 58.2 Å². The lowest BCUT2D eigenvalue weighted by Crippen LogP contribution is -2.37. The second-order valence-corrected chi connectivity index (χ2v) is 6.32. The highest BCUT2D eigenvalue weighted by atomic mass is 32.1. The number of rotatable bonds is 3. The highest BCUT2D eigenvalue weighted by Gasteiger charge is 2.26. The van der Waals surface area contributed by atoms with Crippen molar-refractivity contribution in [2.24, 2.45) is 0 Å². The van der Waals surface area contributed by atoms with Crippen LogP contribution in [-0.4, -0.2) is 17.3 Å². The second kappa shape index (κ2) is 4.86. The Hall–Kier alpha value is -0.380. The summed E-state index contributed by atoms with van der Waals surface area (Å²) >= 11 is 1.85. The van der Waals surface area contributed by atoms with Crippen LogP contribution < -0.4 is 5.32 Å². The van der Waals surface area contributed by atoms with Crippen LogP contribution in [0.5, 0.6) is 0 Å². The van der Waals surface area contributed by atoms with Gasteiger partial charge in [-0.15, -0.1) is 11.3 Å². The van der Waals surface area contributed by atoms with Gasteiger partial charge in [-0.1, -0.05) is 0 Å². The molecule has 1 unspecified atom stereocenters. The van der Waals surface area contributed by atoms with Crippen molar-refractivity contribution in [1.82, 2.24) is 5.32 Å². The molecule has 2 N–H and O–H groups in total. The van der Waals surface area contributed by atoms with E-state index in [1.807, 2.05) is 11.3 Å². The van der Waals surface area contributed by atoms with E-state index in [0.717, 1.165) is 19.3 Å². The van der Waals surface area contributed by atoms with Gasteiger partial charge in [-0.25, -0.2) is 0 Å². The number of nitrogens with one attached hydrogen (secondary N) is 1. The largest absolute Gasteiger partial charge is 0.392 e. The highest BCUT2D eigenvalue weighted by molar-refractivity contribution is 7.12. The molecule has 1 aliphatic rings. The van der Waals surface area contributed by atoms with E-state index in [1.165, 1.54) is 15.3 Å². The van der Waals surface area contributed by atoms with E-state index in [0.29, 0.717) is 6.04 Å². The number of aryl methyl sites for hydroxylation is 2. The molecule has 0 aromatic carbocycles. The van der Waals surface area contributed by atoms with E-state index < -0.39 is 0 Å². The normalized spacial score (nSPS) is 27.2. The molecule has 1 fully saturated rings. The van der Waals surface area contributed by atoms with Gasteiger partial charge in [-0.2, -0.15) is 0 Å². The van der Waals surface area contributed by atoms with E-state index in [2.05, 4.69) is 32.2 Å². The molecule has 1 aromatic heterocycles. The third kappa shape index (κ3) is 2.47. The third-order valence-electron chi connectivity index (χ3n) is 3.49. The fourth-order valence-electron chi connectivity index (χ4n) is 2.63. The summed E-state index contributed by atoms with van der Waals surface area (Å²) in [5, 5.41) is 13.4. The average molecular weight is 239 g/mol. The molecule has 0 spiro atoms. The molecule has 2 rings (SSSR count). The number of aliphatic hydroxyl groups excluding tert-OH is 1. The number of hydrogen-bond donors (Lipinski definition) is 2. The lowest BCUT2D eigenvalue weighted by Gasteiger charge is -2.22. The molecule has 0 saturated heterocycles. The first-order valence-corrected chi connectivity index (χ1v) is 6.90. The molecular formula is C13H21NOS. The summed E-state index contributed by atoms with van der Waals surface area (Å²) in [7, 11) is 0. The maximum absolute atomic E-state index is 9.80. The van der Waals surface area contributed by atoms with Crippen LogP contribution in [0.15, 0.2) is 6.07 Å². The molecule has 1 aliphatic carbocycles. The van der Waals surface area contributed by atoms with E-state index in [-0.39, 0.29) is 12.1 Å². The third-order valence-corrected chi connectivity index (χ3v) is 4.47. The first-order valence-electron chi connectivity index (χ1n) is 6.09. The van der Waals surface area contributed by atoms with Crippen molar-refractivity contribution in [3.05, 3.63) is 21.4 Å². The van der Waals surface area contributed by atoms with Crippen molar-refractivity contribution in [1.29, 1.82) is 0 Å². The Morgan fingerprint density at radius 3 is 2.69 bits per heavy atom. The predicted octanol–water partition coefficient (Wildman–Crippen LogP) is 2.93.